The average molecular weight is 455 g/mol. The van der Waals surface area contributed by atoms with E-state index in [-0.39, 0.29) is 17.2 Å². The van der Waals surface area contributed by atoms with Crippen molar-refractivity contribution < 1.29 is 9.16 Å². The van der Waals surface area contributed by atoms with Crippen LogP contribution in [0.4, 0.5) is 0 Å². The zero-order chi connectivity index (χ0) is 23.5. The molecule has 2 nitrogen and oxygen atoms in total. The third kappa shape index (κ3) is 4.67. The molecule has 1 aliphatic heterocycles. The van der Waals surface area contributed by atoms with Crippen LogP contribution < -0.4 is 10.4 Å². The van der Waals surface area contributed by atoms with Crippen molar-refractivity contribution in [3.63, 3.8) is 0 Å². The summed E-state index contributed by atoms with van der Waals surface area (Å²) in [5.41, 5.74) is 3.37. The van der Waals surface area contributed by atoms with E-state index in [4.69, 9.17) is 9.16 Å². The molecule has 0 radical (unpaired) electrons. The predicted octanol–water partition coefficient (Wildman–Crippen LogP) is 6.29. The molecule has 33 heavy (non-hydrogen) atoms. The average Bonchev–Trinajstić information content (AvgIpc) is 3.20. The molecule has 0 saturated carbocycles. The molecular weight excluding hydrogens is 420 g/mol. The van der Waals surface area contributed by atoms with Crippen molar-refractivity contribution in [1.29, 1.82) is 0 Å². The summed E-state index contributed by atoms with van der Waals surface area (Å²) in [6, 6.07) is 29.9. The maximum Gasteiger partial charge on any atom is 0.261 e. The minimum absolute atomic E-state index is 0.00477. The number of ether oxygens (including phenoxy) is 1. The van der Waals surface area contributed by atoms with Crippen molar-refractivity contribution in [1.82, 2.24) is 0 Å². The monoisotopic (exact) mass is 454 g/mol. The van der Waals surface area contributed by atoms with Gasteiger partial charge >= 0.3 is 0 Å². The first-order valence-electron chi connectivity index (χ1n) is 11.7. The first-order valence-corrected chi connectivity index (χ1v) is 13.6. The van der Waals surface area contributed by atoms with E-state index in [0.717, 1.165) is 17.6 Å². The van der Waals surface area contributed by atoms with Gasteiger partial charge in [-0.25, -0.2) is 0 Å². The largest absolute Gasteiger partial charge is 0.404 e. The quantitative estimate of drug-likeness (QED) is 0.308. The summed E-state index contributed by atoms with van der Waals surface area (Å²) in [6.45, 7) is 15.6. The first-order chi connectivity index (χ1) is 15.8. The molecule has 1 aliphatic rings. The van der Waals surface area contributed by atoms with Crippen molar-refractivity contribution in [2.24, 2.45) is 0 Å². The summed E-state index contributed by atoms with van der Waals surface area (Å²) in [4.78, 5) is 0. The Hall–Kier alpha value is -2.72. The van der Waals surface area contributed by atoms with Gasteiger partial charge in [0, 0.05) is 6.42 Å². The zero-order valence-corrected chi connectivity index (χ0v) is 21.0. The van der Waals surface area contributed by atoms with Crippen LogP contribution in [0, 0.1) is 0 Å². The van der Waals surface area contributed by atoms with Gasteiger partial charge in [0.25, 0.3) is 8.32 Å². The van der Waals surface area contributed by atoms with Crippen molar-refractivity contribution in [3.05, 3.63) is 115 Å². The van der Waals surface area contributed by atoms with E-state index in [1.165, 1.54) is 15.9 Å². The SMILES string of the molecule is C=Cc1cccc([C@H]2CC(=C)[C@@H](CO[Si](c3ccccc3)(c3ccccc3)C(C)(C)C)O2)c1. The number of rotatable bonds is 7. The second kappa shape index (κ2) is 9.64. The molecule has 2 atom stereocenters. The van der Waals surface area contributed by atoms with Crippen LogP contribution in [0.15, 0.2) is 104 Å². The predicted molar refractivity (Wildman–Crippen MR) is 141 cm³/mol. The van der Waals surface area contributed by atoms with Gasteiger partial charge in [-0.3, -0.25) is 0 Å². The van der Waals surface area contributed by atoms with E-state index in [0.29, 0.717) is 6.61 Å². The lowest BCUT2D eigenvalue weighted by atomic mass is 10.0. The topological polar surface area (TPSA) is 18.5 Å². The lowest BCUT2D eigenvalue weighted by Crippen LogP contribution is -2.67. The van der Waals surface area contributed by atoms with E-state index < -0.39 is 8.32 Å². The lowest BCUT2D eigenvalue weighted by Gasteiger charge is -2.43. The first kappa shape index (κ1) is 23.4. The van der Waals surface area contributed by atoms with Gasteiger partial charge in [0.15, 0.2) is 0 Å². The fraction of sp³-hybridized carbons (Fsp3) is 0.267. The molecule has 3 heteroatoms. The summed E-state index contributed by atoms with van der Waals surface area (Å²) < 4.78 is 13.6. The third-order valence-electron chi connectivity index (χ3n) is 6.62. The Balaban J connectivity index is 1.64. The van der Waals surface area contributed by atoms with Gasteiger partial charge in [0.1, 0.15) is 6.10 Å². The van der Waals surface area contributed by atoms with E-state index in [2.05, 4.69) is 119 Å². The maximum absolute atomic E-state index is 7.09. The highest BCUT2D eigenvalue weighted by Crippen LogP contribution is 2.40. The van der Waals surface area contributed by atoms with Crippen LogP contribution in [0.25, 0.3) is 6.08 Å². The van der Waals surface area contributed by atoms with Crippen LogP contribution in [0.5, 0.6) is 0 Å². The van der Waals surface area contributed by atoms with Gasteiger partial charge in [-0.05, 0) is 38.2 Å². The van der Waals surface area contributed by atoms with Crippen molar-refractivity contribution >= 4 is 24.8 Å². The van der Waals surface area contributed by atoms with E-state index in [1.807, 2.05) is 6.08 Å². The highest BCUT2D eigenvalue weighted by atomic mass is 28.4. The van der Waals surface area contributed by atoms with Gasteiger partial charge in [0.2, 0.25) is 0 Å². The molecule has 0 N–H and O–H groups in total. The van der Waals surface area contributed by atoms with Crippen LogP contribution in [0.3, 0.4) is 0 Å². The minimum atomic E-state index is -2.60. The molecule has 170 valence electrons. The molecule has 0 bridgehead atoms. The zero-order valence-electron chi connectivity index (χ0n) is 20.0. The van der Waals surface area contributed by atoms with Crippen LogP contribution in [-0.4, -0.2) is 21.0 Å². The smallest absolute Gasteiger partial charge is 0.261 e. The van der Waals surface area contributed by atoms with Crippen LogP contribution >= 0.6 is 0 Å². The molecule has 0 unspecified atom stereocenters. The number of benzene rings is 3. The molecule has 3 aromatic carbocycles. The van der Waals surface area contributed by atoms with Crippen LogP contribution in [-0.2, 0) is 9.16 Å². The molecule has 0 amide bonds. The molecule has 1 fully saturated rings. The maximum atomic E-state index is 7.09. The van der Waals surface area contributed by atoms with Crippen molar-refractivity contribution in [2.45, 2.75) is 44.4 Å². The molecule has 0 spiro atoms. The Morgan fingerprint density at radius 2 is 1.55 bits per heavy atom. The Morgan fingerprint density at radius 3 is 2.09 bits per heavy atom. The van der Waals surface area contributed by atoms with Gasteiger partial charge < -0.3 is 9.16 Å². The highest BCUT2D eigenvalue weighted by Gasteiger charge is 2.50. The standard InChI is InChI=1S/C30H34O2Si/c1-6-24-14-13-15-25(21-24)28-20-23(2)29(32-28)22-31-33(30(3,4)5,26-16-9-7-10-17-26)27-18-11-8-12-19-27/h6-19,21,28-29H,1-2,20,22H2,3-5H3/t28-,29-/m1/s1. The molecular formula is C30H34O2Si. The molecule has 3 aromatic rings. The van der Waals surface area contributed by atoms with Gasteiger partial charge in [-0.1, -0.05) is 119 Å². The Labute approximate surface area is 199 Å². The Kier molecular flexibility index (Phi) is 6.85. The summed E-state index contributed by atoms with van der Waals surface area (Å²) in [7, 11) is -2.60. The van der Waals surface area contributed by atoms with Crippen molar-refractivity contribution in [3.8, 4) is 0 Å². The molecule has 1 saturated heterocycles. The van der Waals surface area contributed by atoms with Crippen LogP contribution in [0.1, 0.15) is 44.4 Å². The molecule has 1 heterocycles. The molecule has 0 aromatic heterocycles. The van der Waals surface area contributed by atoms with E-state index in [1.54, 1.807) is 0 Å². The Morgan fingerprint density at radius 1 is 0.939 bits per heavy atom. The summed E-state index contributed by atoms with van der Waals surface area (Å²) >= 11 is 0. The molecule has 0 aliphatic carbocycles. The lowest BCUT2D eigenvalue weighted by molar-refractivity contribution is 0.0235. The highest BCUT2D eigenvalue weighted by molar-refractivity contribution is 6.99. The van der Waals surface area contributed by atoms with Crippen molar-refractivity contribution in [2.75, 3.05) is 6.61 Å². The van der Waals surface area contributed by atoms with Gasteiger partial charge in [0.05, 0.1) is 12.7 Å². The summed E-state index contributed by atoms with van der Waals surface area (Å²) in [5, 5.41) is 2.50. The van der Waals surface area contributed by atoms with Gasteiger partial charge in [-0.15, -0.1) is 0 Å². The van der Waals surface area contributed by atoms with E-state index in [9.17, 15) is 0 Å². The second-order valence-corrected chi connectivity index (χ2v) is 14.1. The van der Waals surface area contributed by atoms with E-state index >= 15 is 0 Å². The third-order valence-corrected chi connectivity index (χ3v) is 11.6. The number of hydrogen-bond acceptors (Lipinski definition) is 2. The van der Waals surface area contributed by atoms with Crippen LogP contribution in [0.2, 0.25) is 5.04 Å². The normalized spacial score (nSPS) is 18.9. The number of hydrogen-bond donors (Lipinski definition) is 0. The summed E-state index contributed by atoms with van der Waals surface area (Å²) in [5.74, 6) is 0. The van der Waals surface area contributed by atoms with Gasteiger partial charge in [-0.2, -0.15) is 0 Å². The second-order valence-electron chi connectivity index (χ2n) is 9.82. The minimum Gasteiger partial charge on any atom is -0.404 e. The fourth-order valence-electron chi connectivity index (χ4n) is 4.91. The Bertz CT molecular complexity index is 1060. The summed E-state index contributed by atoms with van der Waals surface area (Å²) in [6.07, 6.45) is 2.57. The molecule has 4 rings (SSSR count). The fourth-order valence-corrected chi connectivity index (χ4v) is 9.47.